The number of nitrogens with two attached hydrogens (primary N) is 3. The van der Waals surface area contributed by atoms with Gasteiger partial charge in [0.1, 0.15) is 17.0 Å². The van der Waals surface area contributed by atoms with Crippen LogP contribution in [0.3, 0.4) is 0 Å². The number of aryl methyl sites for hydroxylation is 1. The van der Waals surface area contributed by atoms with Gasteiger partial charge in [-0.05, 0) is 85.9 Å². The van der Waals surface area contributed by atoms with Gasteiger partial charge < -0.3 is 32.2 Å². The minimum atomic E-state index is -1.50. The summed E-state index contributed by atoms with van der Waals surface area (Å²) in [7, 11) is 2.06. The second kappa shape index (κ2) is 10.2. The molecule has 1 aliphatic carbocycles. The predicted molar refractivity (Wildman–Crippen MR) is 155 cm³/mol. The predicted octanol–water partition coefficient (Wildman–Crippen LogP) is 2.65. The number of amides is 1. The van der Waals surface area contributed by atoms with Crippen molar-refractivity contribution in [2.75, 3.05) is 25.9 Å². The Balaban J connectivity index is 1.36. The molecule has 208 valence electrons. The maximum atomic E-state index is 14.1. The highest BCUT2D eigenvalue weighted by Crippen LogP contribution is 2.56. The van der Waals surface area contributed by atoms with Crippen molar-refractivity contribution in [1.29, 1.82) is 0 Å². The molecule has 2 aromatic carbocycles. The Kier molecular flexibility index (Phi) is 6.82. The molecule has 1 aromatic heterocycles. The molecular formula is C30H34N6O3S. The topological polar surface area (TPSA) is 150 Å². The van der Waals surface area contributed by atoms with E-state index >= 15 is 0 Å². The molecule has 0 spiro atoms. The quantitative estimate of drug-likeness (QED) is 0.347. The Hall–Kier alpha value is -3.44. The van der Waals surface area contributed by atoms with E-state index in [1.165, 1.54) is 11.8 Å². The summed E-state index contributed by atoms with van der Waals surface area (Å²) in [6.45, 7) is 3.71. The van der Waals surface area contributed by atoms with Crippen molar-refractivity contribution >= 4 is 29.1 Å². The van der Waals surface area contributed by atoms with Crippen molar-refractivity contribution in [3.63, 3.8) is 0 Å². The lowest BCUT2D eigenvalue weighted by Gasteiger charge is -2.42. The summed E-state index contributed by atoms with van der Waals surface area (Å²) in [6.07, 6.45) is 5.26. The highest BCUT2D eigenvalue weighted by molar-refractivity contribution is 8.01. The molecule has 5 unspecified atom stereocenters. The number of carbonyl (C=O) groups is 2. The largest absolute Gasteiger partial charge is 0.456 e. The van der Waals surface area contributed by atoms with Crippen molar-refractivity contribution in [2.24, 2.45) is 11.5 Å². The number of hydrogen-bond donors (Lipinski definition) is 4. The van der Waals surface area contributed by atoms with Crippen LogP contribution < -0.4 is 27.3 Å². The molecule has 0 saturated carbocycles. The van der Waals surface area contributed by atoms with Crippen LogP contribution in [-0.2, 0) is 15.1 Å². The van der Waals surface area contributed by atoms with E-state index in [1.54, 1.807) is 30.6 Å². The van der Waals surface area contributed by atoms with Crippen LogP contribution in [-0.4, -0.2) is 59.0 Å². The molecule has 0 bridgehead atoms. The van der Waals surface area contributed by atoms with Crippen molar-refractivity contribution < 1.29 is 14.3 Å². The lowest BCUT2D eigenvalue weighted by Crippen LogP contribution is -2.61. The van der Waals surface area contributed by atoms with Gasteiger partial charge in [-0.25, -0.2) is 0 Å². The van der Waals surface area contributed by atoms with Gasteiger partial charge in [-0.1, -0.05) is 12.1 Å². The zero-order valence-corrected chi connectivity index (χ0v) is 23.4. The summed E-state index contributed by atoms with van der Waals surface area (Å²) in [5.74, 6) is 0.261. The smallest absolute Gasteiger partial charge is 0.234 e. The molecule has 1 saturated heterocycles. The van der Waals surface area contributed by atoms with E-state index in [-0.39, 0.29) is 17.7 Å². The highest BCUT2D eigenvalue weighted by atomic mass is 32.2. The highest BCUT2D eigenvalue weighted by Gasteiger charge is 2.57. The van der Waals surface area contributed by atoms with E-state index in [0.29, 0.717) is 28.3 Å². The molecule has 0 radical (unpaired) electrons. The summed E-state index contributed by atoms with van der Waals surface area (Å²) in [5, 5.41) is 2.65. The fourth-order valence-corrected chi connectivity index (χ4v) is 7.91. The van der Waals surface area contributed by atoms with Crippen LogP contribution in [0.5, 0.6) is 11.5 Å². The van der Waals surface area contributed by atoms with Crippen LogP contribution in [0, 0.1) is 6.92 Å². The van der Waals surface area contributed by atoms with E-state index in [9.17, 15) is 9.59 Å². The van der Waals surface area contributed by atoms with Crippen LogP contribution in [0.2, 0.25) is 0 Å². The molecule has 2 aliphatic heterocycles. The molecule has 3 heterocycles. The summed E-state index contributed by atoms with van der Waals surface area (Å²) < 4.78 is 5.94. The van der Waals surface area contributed by atoms with E-state index in [0.717, 1.165) is 42.0 Å². The molecule has 3 aliphatic rings. The van der Waals surface area contributed by atoms with E-state index in [4.69, 9.17) is 21.9 Å². The number of anilines is 1. The first-order valence-electron chi connectivity index (χ1n) is 13.5. The lowest BCUT2D eigenvalue weighted by molar-refractivity contribution is -0.126. The first-order chi connectivity index (χ1) is 19.2. The minimum absolute atomic E-state index is 0.0616. The molecule has 40 heavy (non-hydrogen) atoms. The zero-order valence-electron chi connectivity index (χ0n) is 22.6. The number of aromatic nitrogens is 1. The van der Waals surface area contributed by atoms with Crippen LogP contribution in [0.1, 0.15) is 41.0 Å². The number of likely N-dealkylation sites (N-methyl/N-ethyl adjacent to an activating group) is 1. The average Bonchev–Trinajstić information content (AvgIpc) is 3.34. The number of rotatable bonds is 5. The van der Waals surface area contributed by atoms with Crippen molar-refractivity contribution in [2.45, 2.75) is 53.5 Å². The monoisotopic (exact) mass is 558 g/mol. The van der Waals surface area contributed by atoms with Gasteiger partial charge >= 0.3 is 0 Å². The van der Waals surface area contributed by atoms with Gasteiger partial charge in [-0.2, -0.15) is 0 Å². The van der Waals surface area contributed by atoms with E-state index in [1.807, 2.05) is 31.2 Å². The SMILES string of the molecule is Cc1cc(Oc2cccnc2)ccc1C1(N)C(=O)C(N)C2c3c1ccc(N)c3SC2C(=O)NC1CCCN(C)C1. The third-order valence-corrected chi connectivity index (χ3v) is 9.81. The third-order valence-electron chi connectivity index (χ3n) is 8.36. The number of ether oxygens (including phenoxy) is 1. The van der Waals surface area contributed by atoms with Gasteiger partial charge in [0.25, 0.3) is 0 Å². The van der Waals surface area contributed by atoms with Gasteiger partial charge in [0, 0.05) is 35.3 Å². The van der Waals surface area contributed by atoms with E-state index < -0.39 is 22.7 Å². The number of carbonyl (C=O) groups excluding carboxylic acids is 2. The van der Waals surface area contributed by atoms with Crippen LogP contribution in [0.15, 0.2) is 59.8 Å². The summed E-state index contributed by atoms with van der Waals surface area (Å²) >= 11 is 1.39. The number of Topliss-reactive ketones (excluding diaryl/α,β-unsaturated/α-hetero) is 1. The Labute approximate surface area is 237 Å². The van der Waals surface area contributed by atoms with Crippen LogP contribution in [0.25, 0.3) is 0 Å². The number of nitrogens with zero attached hydrogens (tertiary/aromatic N) is 2. The Morgan fingerprint density at radius 1 is 1.20 bits per heavy atom. The number of piperidine rings is 1. The fraction of sp³-hybridized carbons (Fsp3) is 0.367. The van der Waals surface area contributed by atoms with Crippen LogP contribution in [0.4, 0.5) is 5.69 Å². The number of benzene rings is 2. The lowest BCUT2D eigenvalue weighted by atomic mass is 9.64. The van der Waals surface area contributed by atoms with Crippen molar-refractivity contribution in [3.05, 3.63) is 77.1 Å². The third kappa shape index (κ3) is 4.35. The Morgan fingerprint density at radius 3 is 2.73 bits per heavy atom. The first-order valence-corrected chi connectivity index (χ1v) is 14.4. The zero-order chi connectivity index (χ0) is 28.2. The number of likely N-dealkylation sites (tertiary alicyclic amines) is 1. The van der Waals surface area contributed by atoms with Gasteiger partial charge in [0.2, 0.25) is 5.91 Å². The second-order valence-electron chi connectivity index (χ2n) is 11.1. The molecule has 1 fully saturated rings. The minimum Gasteiger partial charge on any atom is -0.456 e. The molecule has 3 aromatic rings. The van der Waals surface area contributed by atoms with Gasteiger partial charge in [0.05, 0.1) is 17.5 Å². The molecule has 9 nitrogen and oxygen atoms in total. The second-order valence-corrected chi connectivity index (χ2v) is 12.2. The molecule has 10 heteroatoms. The standard InChI is InChI=1S/C30H34N6O3S/c1-16-13-18(39-19-6-3-11-34-14-19)7-8-20(16)30(33)21-9-10-22(31)26-23(21)24(25(32)28(30)37)27(40-26)29(38)35-17-5-4-12-36(2)15-17/h3,6-11,13-14,17,24-25,27H,4-5,12,15,31-33H2,1-2H3,(H,35,38). The number of hydrogen-bond acceptors (Lipinski definition) is 9. The average molecular weight is 559 g/mol. The molecule has 6 rings (SSSR count). The number of ketones is 1. The van der Waals surface area contributed by atoms with Crippen molar-refractivity contribution in [3.8, 4) is 11.5 Å². The maximum Gasteiger partial charge on any atom is 0.234 e. The van der Waals surface area contributed by atoms with Gasteiger partial charge in [-0.15, -0.1) is 11.8 Å². The number of nitrogens with one attached hydrogen (secondary N) is 1. The van der Waals surface area contributed by atoms with E-state index in [2.05, 4.69) is 22.2 Å². The summed E-state index contributed by atoms with van der Waals surface area (Å²) in [4.78, 5) is 34.9. The fourth-order valence-electron chi connectivity index (χ4n) is 6.45. The molecule has 5 atom stereocenters. The Morgan fingerprint density at radius 2 is 2.00 bits per heavy atom. The van der Waals surface area contributed by atoms with Crippen molar-refractivity contribution in [1.82, 2.24) is 15.2 Å². The molecule has 1 amide bonds. The summed E-state index contributed by atoms with van der Waals surface area (Å²) in [5.41, 5.74) is 22.2. The molecule has 7 N–H and O–H groups in total. The number of thioether (sulfide) groups is 1. The maximum absolute atomic E-state index is 14.1. The number of pyridine rings is 1. The Bertz CT molecular complexity index is 1480. The number of nitrogen functional groups attached to an aromatic ring is 1. The summed E-state index contributed by atoms with van der Waals surface area (Å²) in [6, 6.07) is 11.8. The van der Waals surface area contributed by atoms with Gasteiger partial charge in [-0.3, -0.25) is 14.6 Å². The normalized spacial score (nSPS) is 27.8. The van der Waals surface area contributed by atoms with Gasteiger partial charge in [0.15, 0.2) is 5.78 Å². The molecular weight excluding hydrogens is 524 g/mol. The van der Waals surface area contributed by atoms with Crippen LogP contribution >= 0.6 is 11.8 Å². The first kappa shape index (κ1) is 26.8.